The smallest absolute Gasteiger partial charge is 0.238 e. The minimum atomic E-state index is -0.155. The van der Waals surface area contributed by atoms with E-state index in [1.165, 1.54) is 0 Å². The van der Waals surface area contributed by atoms with Crippen LogP contribution in [0.5, 0.6) is 0 Å². The largest absolute Gasteiger partial charge is 0.327 e. The number of carbonyl (C=O) groups is 1. The van der Waals surface area contributed by atoms with Gasteiger partial charge in [-0.1, -0.05) is 48.7 Å². The molecule has 22 heavy (non-hydrogen) atoms. The van der Waals surface area contributed by atoms with Crippen LogP contribution in [-0.4, -0.2) is 36.5 Å². The number of amides is 1. The summed E-state index contributed by atoms with van der Waals surface area (Å²) in [6.45, 7) is 6.11. The van der Waals surface area contributed by atoms with Gasteiger partial charge < -0.3 is 11.1 Å². The summed E-state index contributed by atoms with van der Waals surface area (Å²) in [5.41, 5.74) is 6.50. The van der Waals surface area contributed by atoms with Crippen LogP contribution in [0.25, 0.3) is 0 Å². The van der Waals surface area contributed by atoms with E-state index < -0.39 is 0 Å². The lowest BCUT2D eigenvalue weighted by Crippen LogP contribution is -2.53. The lowest BCUT2D eigenvalue weighted by atomic mass is 9.80. The Kier molecular flexibility index (Phi) is 5.62. The molecular formula is C15H20Cl3N3O. The first-order valence-corrected chi connectivity index (χ1v) is 8.25. The van der Waals surface area contributed by atoms with Crippen LogP contribution >= 0.6 is 34.8 Å². The third kappa shape index (κ3) is 4.27. The van der Waals surface area contributed by atoms with Crippen molar-refractivity contribution in [2.24, 2.45) is 11.1 Å². The van der Waals surface area contributed by atoms with Gasteiger partial charge in [0.05, 0.1) is 22.3 Å². The fraction of sp³-hybridized carbons (Fsp3) is 0.533. The molecule has 1 amide bonds. The summed E-state index contributed by atoms with van der Waals surface area (Å²) in [7, 11) is 0. The molecule has 3 N–H and O–H groups in total. The fourth-order valence-electron chi connectivity index (χ4n) is 2.66. The Morgan fingerprint density at radius 1 is 1.36 bits per heavy atom. The number of anilines is 1. The molecule has 1 saturated heterocycles. The zero-order valence-electron chi connectivity index (χ0n) is 12.6. The molecule has 2 rings (SSSR count). The standard InChI is InChI=1S/C15H20Cl3N3O/c1-15(2)8-21(4-3-12(15)19)7-13(22)20-14-10(17)5-9(16)6-11(14)18/h5-6,12H,3-4,7-8,19H2,1-2H3,(H,20,22). The average Bonchev–Trinajstić information content (AvgIpc) is 2.38. The van der Waals surface area contributed by atoms with E-state index in [2.05, 4.69) is 24.1 Å². The number of carbonyl (C=O) groups excluding carboxylic acids is 1. The van der Waals surface area contributed by atoms with Crippen LogP contribution in [0.2, 0.25) is 15.1 Å². The Morgan fingerprint density at radius 3 is 2.50 bits per heavy atom. The molecular weight excluding hydrogens is 345 g/mol. The van der Waals surface area contributed by atoms with Crippen molar-refractivity contribution in [1.82, 2.24) is 4.90 Å². The van der Waals surface area contributed by atoms with E-state index in [1.807, 2.05) is 0 Å². The highest BCUT2D eigenvalue weighted by molar-refractivity contribution is 6.42. The van der Waals surface area contributed by atoms with E-state index in [1.54, 1.807) is 12.1 Å². The monoisotopic (exact) mass is 363 g/mol. The van der Waals surface area contributed by atoms with Crippen molar-refractivity contribution in [3.05, 3.63) is 27.2 Å². The maximum Gasteiger partial charge on any atom is 0.238 e. The molecule has 1 aliphatic rings. The summed E-state index contributed by atoms with van der Waals surface area (Å²) in [5, 5.41) is 3.84. The molecule has 1 unspecified atom stereocenters. The molecule has 4 nitrogen and oxygen atoms in total. The molecule has 1 heterocycles. The lowest BCUT2D eigenvalue weighted by Gasteiger charge is -2.42. The number of benzene rings is 1. The van der Waals surface area contributed by atoms with Gasteiger partial charge in [0.25, 0.3) is 0 Å². The summed E-state index contributed by atoms with van der Waals surface area (Å²) in [5.74, 6) is -0.155. The number of hydrogen-bond acceptors (Lipinski definition) is 3. The second-order valence-corrected chi connectivity index (χ2v) is 7.64. The number of halogens is 3. The molecule has 0 aliphatic carbocycles. The Hall–Kier alpha value is -0.520. The van der Waals surface area contributed by atoms with Crippen LogP contribution < -0.4 is 11.1 Å². The highest BCUT2D eigenvalue weighted by Gasteiger charge is 2.33. The number of nitrogens with two attached hydrogens (primary N) is 1. The van der Waals surface area contributed by atoms with Crippen molar-refractivity contribution >= 4 is 46.4 Å². The van der Waals surface area contributed by atoms with Gasteiger partial charge in [0, 0.05) is 24.2 Å². The second-order valence-electron chi connectivity index (χ2n) is 6.39. The molecule has 7 heteroatoms. The highest BCUT2D eigenvalue weighted by atomic mass is 35.5. The normalized spacial score (nSPS) is 21.6. The zero-order valence-corrected chi connectivity index (χ0v) is 14.9. The fourth-order valence-corrected chi connectivity index (χ4v) is 3.58. The van der Waals surface area contributed by atoms with Crippen LogP contribution in [-0.2, 0) is 4.79 Å². The van der Waals surface area contributed by atoms with Crippen LogP contribution in [0.15, 0.2) is 12.1 Å². The Bertz CT molecular complexity index is 554. The first-order valence-electron chi connectivity index (χ1n) is 7.11. The molecule has 0 aromatic heterocycles. The summed E-state index contributed by atoms with van der Waals surface area (Å²) < 4.78 is 0. The van der Waals surface area contributed by atoms with Gasteiger partial charge >= 0.3 is 0 Å². The summed E-state index contributed by atoms with van der Waals surface area (Å²) in [6.07, 6.45) is 0.878. The van der Waals surface area contributed by atoms with Crippen LogP contribution in [0, 0.1) is 5.41 Å². The first-order chi connectivity index (χ1) is 10.2. The van der Waals surface area contributed by atoms with Gasteiger partial charge in [-0.25, -0.2) is 0 Å². The number of hydrogen-bond donors (Lipinski definition) is 2. The molecule has 1 fully saturated rings. The summed E-state index contributed by atoms with van der Waals surface area (Å²) in [6, 6.07) is 3.26. The molecule has 1 aliphatic heterocycles. The average molecular weight is 365 g/mol. The van der Waals surface area contributed by atoms with E-state index in [0.29, 0.717) is 20.8 Å². The van der Waals surface area contributed by atoms with Crippen LogP contribution in [0.3, 0.4) is 0 Å². The Labute approximate surface area is 145 Å². The van der Waals surface area contributed by atoms with Crippen LogP contribution in [0.1, 0.15) is 20.3 Å². The molecule has 0 radical (unpaired) electrons. The van der Waals surface area contributed by atoms with E-state index in [9.17, 15) is 4.79 Å². The van der Waals surface area contributed by atoms with Gasteiger partial charge in [0.2, 0.25) is 5.91 Å². The van der Waals surface area contributed by atoms with Crippen LogP contribution in [0.4, 0.5) is 5.69 Å². The minimum Gasteiger partial charge on any atom is -0.327 e. The Morgan fingerprint density at radius 2 is 1.95 bits per heavy atom. The van der Waals surface area contributed by atoms with E-state index in [4.69, 9.17) is 40.5 Å². The van der Waals surface area contributed by atoms with Crippen molar-refractivity contribution in [2.75, 3.05) is 25.0 Å². The van der Waals surface area contributed by atoms with Crippen molar-refractivity contribution in [1.29, 1.82) is 0 Å². The van der Waals surface area contributed by atoms with Crippen molar-refractivity contribution in [3.8, 4) is 0 Å². The summed E-state index contributed by atoms with van der Waals surface area (Å²) >= 11 is 18.0. The van der Waals surface area contributed by atoms with Gasteiger partial charge in [0.15, 0.2) is 0 Å². The van der Waals surface area contributed by atoms with E-state index in [-0.39, 0.29) is 23.9 Å². The maximum atomic E-state index is 12.2. The SMILES string of the molecule is CC1(C)CN(CC(=O)Nc2c(Cl)cc(Cl)cc2Cl)CCC1N. The van der Waals surface area contributed by atoms with Gasteiger partial charge in [-0.15, -0.1) is 0 Å². The number of nitrogens with zero attached hydrogens (tertiary/aromatic N) is 1. The van der Waals surface area contributed by atoms with Crippen molar-refractivity contribution in [2.45, 2.75) is 26.3 Å². The van der Waals surface area contributed by atoms with Gasteiger partial charge in [-0.05, 0) is 24.0 Å². The zero-order chi connectivity index (χ0) is 16.5. The van der Waals surface area contributed by atoms with E-state index in [0.717, 1.165) is 19.5 Å². The molecule has 0 bridgehead atoms. The minimum absolute atomic E-state index is 0.00586. The predicted molar refractivity (Wildman–Crippen MR) is 92.9 cm³/mol. The number of nitrogens with one attached hydrogen (secondary N) is 1. The molecule has 1 atom stereocenters. The molecule has 0 spiro atoms. The maximum absolute atomic E-state index is 12.2. The van der Waals surface area contributed by atoms with Crippen molar-refractivity contribution < 1.29 is 4.79 Å². The number of piperidine rings is 1. The van der Waals surface area contributed by atoms with E-state index >= 15 is 0 Å². The Balaban J connectivity index is 2.00. The van der Waals surface area contributed by atoms with Gasteiger partial charge in [0.1, 0.15) is 0 Å². The lowest BCUT2D eigenvalue weighted by molar-refractivity contribution is -0.118. The van der Waals surface area contributed by atoms with Gasteiger partial charge in [-0.3, -0.25) is 9.69 Å². The second kappa shape index (κ2) is 6.93. The highest BCUT2D eigenvalue weighted by Crippen LogP contribution is 2.34. The molecule has 122 valence electrons. The number of rotatable bonds is 3. The van der Waals surface area contributed by atoms with Gasteiger partial charge in [-0.2, -0.15) is 0 Å². The topological polar surface area (TPSA) is 58.4 Å². The molecule has 1 aromatic carbocycles. The molecule has 1 aromatic rings. The number of likely N-dealkylation sites (tertiary alicyclic amines) is 1. The third-order valence-electron chi connectivity index (χ3n) is 4.03. The predicted octanol–water partition coefficient (Wildman–Crippen LogP) is 3.64. The first kappa shape index (κ1) is 17.8. The molecule has 0 saturated carbocycles. The quantitative estimate of drug-likeness (QED) is 0.861. The van der Waals surface area contributed by atoms with Crippen molar-refractivity contribution in [3.63, 3.8) is 0 Å². The summed E-state index contributed by atoms with van der Waals surface area (Å²) in [4.78, 5) is 14.3. The third-order valence-corrected chi connectivity index (χ3v) is 4.84.